The molecule has 0 amide bonds. The SMILES string of the molecule is CC1(C)CC(=O)C2=C(C1)Nc1nonc1N[C@@H]2c1ccc(F)cc1. The molecule has 6 nitrogen and oxygen atoms in total. The number of nitrogens with zero attached hydrogens (tertiary/aromatic N) is 2. The Morgan fingerprint density at radius 2 is 1.88 bits per heavy atom. The van der Waals surface area contributed by atoms with Gasteiger partial charge in [-0.3, -0.25) is 4.79 Å². The number of aromatic nitrogens is 2. The largest absolute Gasteiger partial charge is 0.353 e. The van der Waals surface area contributed by atoms with E-state index < -0.39 is 6.04 Å². The standard InChI is InChI=1S/C17H17FN4O2/c1-17(2)7-11-13(12(23)8-17)14(9-3-5-10(18)6-4-9)20-16-15(19-11)21-24-22-16/h3-6,14H,7-8H2,1-2H3,(H,19,21)(H,20,22)/t14-/m1/s1. The van der Waals surface area contributed by atoms with Gasteiger partial charge in [-0.2, -0.15) is 0 Å². The highest BCUT2D eigenvalue weighted by Crippen LogP contribution is 2.44. The molecular weight excluding hydrogens is 311 g/mol. The van der Waals surface area contributed by atoms with Gasteiger partial charge in [-0.05, 0) is 39.8 Å². The van der Waals surface area contributed by atoms with Crippen molar-refractivity contribution >= 4 is 17.4 Å². The number of fused-ring (bicyclic) bond motifs is 1. The molecule has 0 fully saturated rings. The molecule has 1 aromatic heterocycles. The van der Waals surface area contributed by atoms with Crippen molar-refractivity contribution in [3.05, 3.63) is 46.9 Å². The fourth-order valence-corrected chi connectivity index (χ4v) is 3.40. The number of rotatable bonds is 1. The molecular formula is C17H17FN4O2. The number of allylic oxidation sites excluding steroid dienone is 1. The molecule has 124 valence electrons. The van der Waals surface area contributed by atoms with E-state index in [0.717, 1.165) is 11.3 Å². The first kappa shape index (κ1) is 14.9. The smallest absolute Gasteiger partial charge is 0.219 e. The predicted octanol–water partition coefficient (Wildman–Crippen LogP) is 3.43. The summed E-state index contributed by atoms with van der Waals surface area (Å²) in [6.07, 6.45) is 1.17. The van der Waals surface area contributed by atoms with E-state index in [1.54, 1.807) is 12.1 Å². The van der Waals surface area contributed by atoms with Crippen molar-refractivity contribution in [3.8, 4) is 0 Å². The first-order valence-electron chi connectivity index (χ1n) is 7.81. The molecule has 2 heterocycles. The van der Waals surface area contributed by atoms with E-state index in [2.05, 4.69) is 34.8 Å². The van der Waals surface area contributed by atoms with Gasteiger partial charge >= 0.3 is 0 Å². The zero-order valence-corrected chi connectivity index (χ0v) is 13.4. The molecule has 0 unspecified atom stereocenters. The number of hydrogen-bond donors (Lipinski definition) is 2. The summed E-state index contributed by atoms with van der Waals surface area (Å²) in [4.78, 5) is 12.8. The third-order valence-corrected chi connectivity index (χ3v) is 4.45. The second-order valence-corrected chi connectivity index (χ2v) is 7.05. The molecule has 2 N–H and O–H groups in total. The summed E-state index contributed by atoms with van der Waals surface area (Å²) in [5.74, 6) is 0.638. The Labute approximate surface area is 138 Å². The highest BCUT2D eigenvalue weighted by Gasteiger charge is 2.39. The van der Waals surface area contributed by atoms with Gasteiger partial charge in [0.1, 0.15) is 5.82 Å². The molecule has 7 heteroatoms. The maximum absolute atomic E-state index is 13.3. The summed E-state index contributed by atoms with van der Waals surface area (Å²) in [7, 11) is 0. The van der Waals surface area contributed by atoms with Gasteiger partial charge in [0, 0.05) is 17.7 Å². The van der Waals surface area contributed by atoms with Crippen LogP contribution in [-0.2, 0) is 4.79 Å². The van der Waals surface area contributed by atoms with Crippen LogP contribution in [0.2, 0.25) is 0 Å². The van der Waals surface area contributed by atoms with Crippen LogP contribution in [-0.4, -0.2) is 16.1 Å². The molecule has 0 radical (unpaired) electrons. The Balaban J connectivity index is 1.86. The lowest BCUT2D eigenvalue weighted by Gasteiger charge is -2.33. The fraction of sp³-hybridized carbons (Fsp3) is 0.353. The van der Waals surface area contributed by atoms with Crippen LogP contribution < -0.4 is 10.6 Å². The highest BCUT2D eigenvalue weighted by atomic mass is 19.1. The molecule has 0 spiro atoms. The third-order valence-electron chi connectivity index (χ3n) is 4.45. The zero-order chi connectivity index (χ0) is 16.9. The maximum atomic E-state index is 13.3. The van der Waals surface area contributed by atoms with E-state index in [1.165, 1.54) is 12.1 Å². The average Bonchev–Trinajstić information content (AvgIpc) is 2.86. The van der Waals surface area contributed by atoms with Crippen LogP contribution in [0.15, 0.2) is 40.2 Å². The molecule has 24 heavy (non-hydrogen) atoms. The Bertz CT molecular complexity index is 839. The number of carbonyl (C=O) groups is 1. The van der Waals surface area contributed by atoms with E-state index in [-0.39, 0.29) is 17.0 Å². The average molecular weight is 328 g/mol. The number of anilines is 2. The van der Waals surface area contributed by atoms with Gasteiger partial charge < -0.3 is 10.6 Å². The van der Waals surface area contributed by atoms with Gasteiger partial charge in [0.2, 0.25) is 11.6 Å². The monoisotopic (exact) mass is 328 g/mol. The number of hydrogen-bond acceptors (Lipinski definition) is 6. The Hall–Kier alpha value is -2.70. The van der Waals surface area contributed by atoms with Crippen molar-refractivity contribution in [3.63, 3.8) is 0 Å². The zero-order valence-electron chi connectivity index (χ0n) is 13.4. The normalized spacial score (nSPS) is 22.1. The Kier molecular flexibility index (Phi) is 3.19. The first-order valence-corrected chi connectivity index (χ1v) is 7.81. The number of Topliss-reactive ketones (excluding diaryl/α,β-unsaturated/α-hetero) is 1. The minimum absolute atomic E-state index is 0.0673. The molecule has 1 atom stereocenters. The van der Waals surface area contributed by atoms with Gasteiger partial charge in [-0.1, -0.05) is 26.0 Å². The van der Waals surface area contributed by atoms with E-state index in [0.29, 0.717) is 30.1 Å². The van der Waals surface area contributed by atoms with E-state index in [1.807, 2.05) is 0 Å². The van der Waals surface area contributed by atoms with Crippen molar-refractivity contribution in [2.45, 2.75) is 32.7 Å². The predicted molar refractivity (Wildman–Crippen MR) is 85.7 cm³/mol. The van der Waals surface area contributed by atoms with Crippen molar-refractivity contribution in [1.29, 1.82) is 0 Å². The molecule has 1 aliphatic heterocycles. The number of nitrogens with one attached hydrogen (secondary N) is 2. The quantitative estimate of drug-likeness (QED) is 0.835. The lowest BCUT2D eigenvalue weighted by Crippen LogP contribution is -2.31. The van der Waals surface area contributed by atoms with Crippen molar-refractivity contribution in [2.24, 2.45) is 5.41 Å². The van der Waals surface area contributed by atoms with Gasteiger partial charge in [0.15, 0.2) is 5.78 Å². The summed E-state index contributed by atoms with van der Waals surface area (Å²) in [6.45, 7) is 4.12. The number of ketones is 1. The molecule has 1 aromatic carbocycles. The highest BCUT2D eigenvalue weighted by molar-refractivity contribution is 6.00. The van der Waals surface area contributed by atoms with Crippen LogP contribution >= 0.6 is 0 Å². The maximum Gasteiger partial charge on any atom is 0.219 e. The fourth-order valence-electron chi connectivity index (χ4n) is 3.40. The van der Waals surface area contributed by atoms with Crippen LogP contribution in [0.25, 0.3) is 0 Å². The molecule has 2 aromatic rings. The topological polar surface area (TPSA) is 80.1 Å². The lowest BCUT2D eigenvalue weighted by atomic mass is 9.73. The summed E-state index contributed by atoms with van der Waals surface area (Å²) in [6, 6.07) is 5.68. The number of carbonyl (C=O) groups excluding carboxylic acids is 1. The van der Waals surface area contributed by atoms with Crippen LogP contribution in [0.5, 0.6) is 0 Å². The summed E-state index contributed by atoms with van der Waals surface area (Å²) in [5.41, 5.74) is 2.11. The van der Waals surface area contributed by atoms with E-state index >= 15 is 0 Å². The Morgan fingerprint density at radius 3 is 2.62 bits per heavy atom. The summed E-state index contributed by atoms with van der Waals surface area (Å²) >= 11 is 0. The minimum atomic E-state index is -0.426. The third kappa shape index (κ3) is 2.46. The van der Waals surface area contributed by atoms with Gasteiger partial charge in [0.05, 0.1) is 6.04 Å². The molecule has 0 saturated heterocycles. The van der Waals surface area contributed by atoms with Crippen molar-refractivity contribution in [2.75, 3.05) is 10.6 Å². The first-order chi connectivity index (χ1) is 11.4. The molecule has 0 saturated carbocycles. The van der Waals surface area contributed by atoms with Crippen molar-refractivity contribution < 1.29 is 13.8 Å². The number of halogens is 1. The molecule has 1 aliphatic carbocycles. The van der Waals surface area contributed by atoms with E-state index in [4.69, 9.17) is 4.63 Å². The van der Waals surface area contributed by atoms with E-state index in [9.17, 15) is 9.18 Å². The molecule has 2 aliphatic rings. The van der Waals surface area contributed by atoms with Crippen molar-refractivity contribution in [1.82, 2.24) is 10.3 Å². The second-order valence-electron chi connectivity index (χ2n) is 7.05. The van der Waals surface area contributed by atoms with Crippen LogP contribution in [0.4, 0.5) is 16.0 Å². The molecule has 0 bridgehead atoms. The minimum Gasteiger partial charge on any atom is -0.353 e. The van der Waals surface area contributed by atoms with Crippen LogP contribution in [0, 0.1) is 11.2 Å². The number of benzene rings is 1. The second kappa shape index (κ2) is 5.15. The van der Waals surface area contributed by atoms with Gasteiger partial charge in [0.25, 0.3) is 0 Å². The summed E-state index contributed by atoms with van der Waals surface area (Å²) < 4.78 is 18.1. The lowest BCUT2D eigenvalue weighted by molar-refractivity contribution is -0.118. The van der Waals surface area contributed by atoms with Gasteiger partial charge in [-0.25, -0.2) is 9.02 Å². The van der Waals surface area contributed by atoms with Crippen LogP contribution in [0.1, 0.15) is 38.3 Å². The molecule has 4 rings (SSSR count). The Morgan fingerprint density at radius 1 is 1.17 bits per heavy atom. The van der Waals surface area contributed by atoms with Gasteiger partial charge in [-0.15, -0.1) is 0 Å². The van der Waals surface area contributed by atoms with Crippen LogP contribution in [0.3, 0.4) is 0 Å². The summed E-state index contributed by atoms with van der Waals surface area (Å²) in [5, 5.41) is 14.1.